The van der Waals surface area contributed by atoms with E-state index in [9.17, 15) is 5.26 Å². The number of hydrogen-bond donors (Lipinski definition) is 0. The van der Waals surface area contributed by atoms with Gasteiger partial charge in [0.05, 0.1) is 11.6 Å². The molecule has 0 bridgehead atoms. The van der Waals surface area contributed by atoms with Crippen molar-refractivity contribution in [1.82, 2.24) is 0 Å². The number of benzene rings is 1. The minimum absolute atomic E-state index is 0.183. The van der Waals surface area contributed by atoms with Crippen LogP contribution in [0.1, 0.15) is 61.9 Å². The summed E-state index contributed by atoms with van der Waals surface area (Å²) >= 11 is 0. The minimum atomic E-state index is 0.183. The predicted molar refractivity (Wildman–Crippen MR) is 71.3 cm³/mol. The van der Waals surface area contributed by atoms with Crippen LogP contribution in [0.4, 0.5) is 0 Å². The van der Waals surface area contributed by atoms with Gasteiger partial charge in [0.1, 0.15) is 0 Å². The Bertz CT molecular complexity index is 527. The maximum atomic E-state index is 9.28. The Kier molecular flexibility index (Phi) is 2.40. The van der Waals surface area contributed by atoms with Gasteiger partial charge in [-0.25, -0.2) is 0 Å². The van der Waals surface area contributed by atoms with Gasteiger partial charge in [-0.05, 0) is 53.4 Å². The molecular formula is C16H21N. The van der Waals surface area contributed by atoms with Gasteiger partial charge in [-0.1, -0.05) is 33.8 Å². The van der Waals surface area contributed by atoms with Gasteiger partial charge in [0.2, 0.25) is 0 Å². The topological polar surface area (TPSA) is 23.8 Å². The fourth-order valence-electron chi connectivity index (χ4n) is 3.85. The summed E-state index contributed by atoms with van der Waals surface area (Å²) < 4.78 is 0. The molecule has 0 heterocycles. The summed E-state index contributed by atoms with van der Waals surface area (Å²) in [5, 5.41) is 9.28. The number of aryl methyl sites for hydroxylation is 1. The molecule has 0 aromatic heterocycles. The van der Waals surface area contributed by atoms with E-state index in [1.54, 1.807) is 0 Å². The summed E-state index contributed by atoms with van der Waals surface area (Å²) in [6, 6.07) is 4.59. The van der Waals surface area contributed by atoms with Crippen LogP contribution < -0.4 is 0 Å². The molecule has 1 heteroatoms. The van der Waals surface area contributed by atoms with E-state index in [0.717, 1.165) is 17.5 Å². The quantitative estimate of drug-likeness (QED) is 0.653. The molecule has 1 aromatic rings. The predicted octanol–water partition coefficient (Wildman–Crippen LogP) is 4.13. The summed E-state index contributed by atoms with van der Waals surface area (Å²) in [5.74, 6) is 0. The second-order valence-corrected chi connectivity index (χ2v) is 6.67. The Balaban J connectivity index is 2.86. The zero-order chi connectivity index (χ0) is 13.0. The molecule has 1 aliphatic carbocycles. The van der Waals surface area contributed by atoms with E-state index >= 15 is 0 Å². The van der Waals surface area contributed by atoms with Crippen LogP contribution in [0.5, 0.6) is 0 Å². The molecule has 0 unspecified atom stereocenters. The summed E-state index contributed by atoms with van der Waals surface area (Å²) in [6.45, 7) is 13.4. The smallest absolute Gasteiger partial charge is 0.0997 e. The lowest BCUT2D eigenvalue weighted by Crippen LogP contribution is -2.18. The van der Waals surface area contributed by atoms with E-state index < -0.39 is 0 Å². The van der Waals surface area contributed by atoms with Crippen molar-refractivity contribution in [1.29, 1.82) is 5.26 Å². The van der Waals surface area contributed by atoms with Crippen molar-refractivity contribution >= 4 is 0 Å². The lowest BCUT2D eigenvalue weighted by Gasteiger charge is -2.23. The molecular weight excluding hydrogens is 206 g/mol. The maximum absolute atomic E-state index is 9.28. The molecule has 0 radical (unpaired) electrons. The summed E-state index contributed by atoms with van der Waals surface area (Å²) in [7, 11) is 0. The first kappa shape index (κ1) is 12.2. The highest BCUT2D eigenvalue weighted by Gasteiger charge is 2.43. The zero-order valence-corrected chi connectivity index (χ0v) is 11.7. The Labute approximate surface area is 104 Å². The number of nitrogens with zero attached hydrogens (tertiary/aromatic N) is 1. The van der Waals surface area contributed by atoms with Gasteiger partial charge in [0, 0.05) is 0 Å². The zero-order valence-electron chi connectivity index (χ0n) is 11.7. The van der Waals surface area contributed by atoms with Crippen LogP contribution in [0.25, 0.3) is 0 Å². The van der Waals surface area contributed by atoms with Gasteiger partial charge < -0.3 is 0 Å². The van der Waals surface area contributed by atoms with Gasteiger partial charge in [0.25, 0.3) is 0 Å². The molecule has 1 nitrogen and oxygen atoms in total. The number of nitriles is 1. The fourth-order valence-corrected chi connectivity index (χ4v) is 3.85. The van der Waals surface area contributed by atoms with Crippen molar-refractivity contribution < 1.29 is 0 Å². The molecule has 17 heavy (non-hydrogen) atoms. The molecule has 2 rings (SSSR count). The molecule has 0 amide bonds. The number of rotatable bonds is 0. The molecule has 0 fully saturated rings. The lowest BCUT2D eigenvalue weighted by atomic mass is 9.81. The van der Waals surface area contributed by atoms with Crippen molar-refractivity contribution in [2.24, 2.45) is 0 Å². The van der Waals surface area contributed by atoms with E-state index in [1.165, 1.54) is 16.7 Å². The van der Waals surface area contributed by atoms with Gasteiger partial charge in [-0.3, -0.25) is 0 Å². The Morgan fingerprint density at radius 2 is 1.71 bits per heavy atom. The summed E-state index contributed by atoms with van der Waals surface area (Å²) in [4.78, 5) is 0. The normalized spacial score (nSPS) is 19.8. The molecule has 0 saturated heterocycles. The largest absolute Gasteiger partial charge is 0.192 e. The van der Waals surface area contributed by atoms with Crippen molar-refractivity contribution in [3.8, 4) is 6.07 Å². The van der Waals surface area contributed by atoms with Crippen molar-refractivity contribution in [2.45, 2.75) is 58.8 Å². The maximum Gasteiger partial charge on any atom is 0.0997 e. The van der Waals surface area contributed by atoms with Crippen molar-refractivity contribution in [2.75, 3.05) is 0 Å². The first-order chi connectivity index (χ1) is 7.70. The summed E-state index contributed by atoms with van der Waals surface area (Å²) in [6.07, 6.45) is 1.16. The van der Waals surface area contributed by atoms with Crippen LogP contribution >= 0.6 is 0 Å². The average Bonchev–Trinajstić information content (AvgIpc) is 2.32. The molecule has 0 saturated carbocycles. The van der Waals surface area contributed by atoms with Crippen molar-refractivity contribution in [3.05, 3.63) is 33.9 Å². The van der Waals surface area contributed by atoms with Gasteiger partial charge >= 0.3 is 0 Å². The Morgan fingerprint density at radius 1 is 1.12 bits per heavy atom. The van der Waals surface area contributed by atoms with E-state index in [-0.39, 0.29) is 10.8 Å². The van der Waals surface area contributed by atoms with Crippen LogP contribution in [0.3, 0.4) is 0 Å². The van der Waals surface area contributed by atoms with Crippen LogP contribution in [0.15, 0.2) is 6.07 Å². The van der Waals surface area contributed by atoms with Crippen LogP contribution in [0.2, 0.25) is 0 Å². The molecule has 0 N–H and O–H groups in total. The number of fused-ring (bicyclic) bond motifs is 1. The third-order valence-electron chi connectivity index (χ3n) is 4.18. The first-order valence-corrected chi connectivity index (χ1v) is 6.26. The third-order valence-corrected chi connectivity index (χ3v) is 4.18. The van der Waals surface area contributed by atoms with Crippen LogP contribution in [-0.4, -0.2) is 0 Å². The average molecular weight is 227 g/mol. The third kappa shape index (κ3) is 1.59. The Hall–Kier alpha value is -1.29. The highest BCUT2D eigenvalue weighted by Crippen LogP contribution is 2.51. The van der Waals surface area contributed by atoms with E-state index in [1.807, 2.05) is 6.92 Å². The summed E-state index contributed by atoms with van der Waals surface area (Å²) in [5.41, 5.74) is 6.44. The highest BCUT2D eigenvalue weighted by molar-refractivity contribution is 5.58. The van der Waals surface area contributed by atoms with Gasteiger partial charge in [-0.15, -0.1) is 0 Å². The van der Waals surface area contributed by atoms with Gasteiger partial charge in [-0.2, -0.15) is 5.26 Å². The molecule has 0 atom stereocenters. The highest BCUT2D eigenvalue weighted by atomic mass is 14.5. The monoisotopic (exact) mass is 227 g/mol. The molecule has 90 valence electrons. The lowest BCUT2D eigenvalue weighted by molar-refractivity contribution is 0.402. The number of hydrogen-bond acceptors (Lipinski definition) is 1. The molecule has 1 aliphatic rings. The van der Waals surface area contributed by atoms with E-state index in [4.69, 9.17) is 0 Å². The molecule has 0 spiro atoms. The van der Waals surface area contributed by atoms with E-state index in [2.05, 4.69) is 46.8 Å². The van der Waals surface area contributed by atoms with Crippen molar-refractivity contribution in [3.63, 3.8) is 0 Å². The van der Waals surface area contributed by atoms with Crippen LogP contribution in [0, 0.1) is 25.2 Å². The molecule has 0 aliphatic heterocycles. The first-order valence-electron chi connectivity index (χ1n) is 6.26. The fraction of sp³-hybridized carbons (Fsp3) is 0.562. The SMILES string of the molecule is Cc1cc2c(c(C)c1C#N)C(C)(C)CC2(C)C. The van der Waals surface area contributed by atoms with Crippen LogP contribution in [-0.2, 0) is 10.8 Å². The van der Waals surface area contributed by atoms with E-state index in [0.29, 0.717) is 0 Å². The second-order valence-electron chi connectivity index (χ2n) is 6.67. The Morgan fingerprint density at radius 3 is 2.24 bits per heavy atom. The molecule has 1 aromatic carbocycles. The van der Waals surface area contributed by atoms with Gasteiger partial charge in [0.15, 0.2) is 0 Å². The standard InChI is InChI=1S/C16H21N/c1-10-7-13-14(11(2)12(10)8-17)16(5,6)9-15(13,3)4/h7H,9H2,1-6H3. The second kappa shape index (κ2) is 3.35. The minimum Gasteiger partial charge on any atom is -0.192 e.